The molecule has 0 spiro atoms. The molecule has 0 aromatic rings. The zero-order valence-corrected chi connectivity index (χ0v) is 44.8. The van der Waals surface area contributed by atoms with Crippen molar-refractivity contribution in [3.63, 3.8) is 0 Å². The number of carbonyl (C=O) groups is 1. The van der Waals surface area contributed by atoms with Crippen molar-refractivity contribution in [2.75, 3.05) is 19.8 Å². The molecule has 0 heterocycles. The molecule has 0 aliphatic heterocycles. The van der Waals surface area contributed by atoms with E-state index >= 15 is 0 Å². The number of hydrogen-bond donors (Lipinski definition) is 6. The van der Waals surface area contributed by atoms with Gasteiger partial charge in [-0.1, -0.05) is 211 Å². The predicted octanol–water partition coefficient (Wildman–Crippen LogP) is 13.4. The van der Waals surface area contributed by atoms with Gasteiger partial charge in [0.25, 0.3) is 0 Å². The van der Waals surface area contributed by atoms with E-state index in [9.17, 15) is 39.8 Å². The van der Waals surface area contributed by atoms with Crippen molar-refractivity contribution in [2.24, 2.45) is 0 Å². The van der Waals surface area contributed by atoms with Crippen LogP contribution in [-0.2, 0) is 27.9 Å². The molecule has 0 saturated heterocycles. The van der Waals surface area contributed by atoms with Crippen LogP contribution in [0.25, 0.3) is 0 Å². The Hall–Kier alpha value is -1.44. The summed E-state index contributed by atoms with van der Waals surface area (Å²) in [6.07, 6.45) is 44.9. The van der Waals surface area contributed by atoms with Gasteiger partial charge in [0.15, 0.2) is 0 Å². The summed E-state index contributed by atoms with van der Waals surface area (Å²) in [6, 6.07) is 0. The molecule has 6 atom stereocenters. The van der Waals surface area contributed by atoms with Crippen LogP contribution in [0.15, 0.2) is 36.5 Å². The van der Waals surface area contributed by atoms with Crippen LogP contribution in [0.1, 0.15) is 251 Å². The molecule has 1 rings (SSSR count). The fraction of sp³-hybridized carbons (Fsp3) is 0.875. The topological polar surface area (TPSA) is 192 Å². The van der Waals surface area contributed by atoms with Crippen LogP contribution in [0.3, 0.4) is 0 Å². The van der Waals surface area contributed by atoms with Crippen LogP contribution < -0.4 is 0 Å². The van der Waals surface area contributed by atoms with Crippen LogP contribution in [-0.4, -0.2) is 98.9 Å². The molecule has 1 saturated carbocycles. The molecule has 13 heteroatoms. The van der Waals surface area contributed by atoms with E-state index in [1.807, 2.05) is 0 Å². The normalized spacial score (nSPS) is 21.2. The summed E-state index contributed by atoms with van der Waals surface area (Å²) in [5.41, 5.74) is 0. The molecule has 0 bridgehead atoms. The van der Waals surface area contributed by atoms with Gasteiger partial charge in [0.2, 0.25) is 0 Å². The maximum absolute atomic E-state index is 12.9. The Labute approximate surface area is 421 Å². The number of unbranched alkanes of at least 4 members (excludes halogenated alkanes) is 31. The van der Waals surface area contributed by atoms with E-state index in [2.05, 4.69) is 50.3 Å². The van der Waals surface area contributed by atoms with E-state index in [-0.39, 0.29) is 13.0 Å². The molecule has 0 radical (unpaired) electrons. The number of aliphatic hydroxyl groups excluding tert-OH is 5. The smallest absolute Gasteiger partial charge is 0.457 e. The molecule has 69 heavy (non-hydrogen) atoms. The second kappa shape index (κ2) is 46.4. The molecule has 1 aliphatic carbocycles. The highest BCUT2D eigenvalue weighted by Gasteiger charge is 2.51. The second-order valence-corrected chi connectivity index (χ2v) is 21.2. The van der Waals surface area contributed by atoms with E-state index in [4.69, 9.17) is 18.5 Å². The average molecular weight is 1000 g/mol. The SMILES string of the molecule is CCCCCC/C=C\C/C=C\CCCCCCCCCCOCC(COP(=O)(O)OC1C(O)C(O)C(O)C(O)C1O)OC(=O)CCCCCCCCCCCCC/C=C\CCCCCCCCCC. The molecule has 0 aromatic carbocycles. The summed E-state index contributed by atoms with van der Waals surface area (Å²) >= 11 is 0. The summed E-state index contributed by atoms with van der Waals surface area (Å²) < 4.78 is 34.4. The fourth-order valence-electron chi connectivity index (χ4n) is 8.74. The first-order chi connectivity index (χ1) is 33.5. The van der Waals surface area contributed by atoms with Gasteiger partial charge < -0.3 is 39.9 Å². The summed E-state index contributed by atoms with van der Waals surface area (Å²) in [7, 11) is -5.03. The third-order valence-electron chi connectivity index (χ3n) is 13.2. The number of aliphatic hydroxyl groups is 5. The van der Waals surface area contributed by atoms with E-state index in [0.717, 1.165) is 57.8 Å². The molecule has 1 aliphatic rings. The van der Waals surface area contributed by atoms with Gasteiger partial charge in [0, 0.05) is 13.0 Å². The van der Waals surface area contributed by atoms with Crippen molar-refractivity contribution in [1.29, 1.82) is 0 Å². The van der Waals surface area contributed by atoms with Crippen molar-refractivity contribution < 1.29 is 58.3 Å². The monoisotopic (exact) mass is 1000 g/mol. The van der Waals surface area contributed by atoms with Crippen molar-refractivity contribution in [2.45, 2.75) is 294 Å². The van der Waals surface area contributed by atoms with E-state index in [1.165, 1.54) is 167 Å². The molecule has 1 fully saturated rings. The van der Waals surface area contributed by atoms with Crippen molar-refractivity contribution >= 4 is 13.8 Å². The third-order valence-corrected chi connectivity index (χ3v) is 14.2. The Bertz CT molecular complexity index is 1280. The Morgan fingerprint density at radius 2 is 0.812 bits per heavy atom. The Morgan fingerprint density at radius 3 is 1.25 bits per heavy atom. The number of carbonyl (C=O) groups excluding carboxylic acids is 1. The van der Waals surface area contributed by atoms with Gasteiger partial charge >= 0.3 is 13.8 Å². The minimum Gasteiger partial charge on any atom is -0.457 e. The predicted molar refractivity (Wildman–Crippen MR) is 281 cm³/mol. The lowest BCUT2D eigenvalue weighted by molar-refractivity contribution is -0.220. The number of allylic oxidation sites excluding steroid dienone is 6. The van der Waals surface area contributed by atoms with Crippen molar-refractivity contribution in [3.8, 4) is 0 Å². The van der Waals surface area contributed by atoms with Crippen molar-refractivity contribution in [3.05, 3.63) is 36.5 Å². The van der Waals surface area contributed by atoms with Crippen LogP contribution in [0.5, 0.6) is 0 Å². The van der Waals surface area contributed by atoms with Crippen LogP contribution >= 0.6 is 7.82 Å². The van der Waals surface area contributed by atoms with Gasteiger partial charge in [0.05, 0.1) is 13.2 Å². The quantitative estimate of drug-likeness (QED) is 0.0146. The largest absolute Gasteiger partial charge is 0.472 e. The highest BCUT2D eigenvalue weighted by atomic mass is 31.2. The number of rotatable bonds is 49. The highest BCUT2D eigenvalue weighted by molar-refractivity contribution is 7.47. The van der Waals surface area contributed by atoms with Crippen LogP contribution in [0, 0.1) is 0 Å². The number of hydrogen-bond acceptors (Lipinski definition) is 11. The lowest BCUT2D eigenvalue weighted by Crippen LogP contribution is -2.64. The molecular weight excluding hydrogens is 896 g/mol. The fourth-order valence-corrected chi connectivity index (χ4v) is 9.71. The zero-order valence-electron chi connectivity index (χ0n) is 43.9. The number of ether oxygens (including phenoxy) is 2. The molecule has 12 nitrogen and oxygen atoms in total. The van der Waals surface area contributed by atoms with Gasteiger partial charge in [-0.2, -0.15) is 0 Å². The van der Waals surface area contributed by atoms with Gasteiger partial charge in [-0.25, -0.2) is 4.57 Å². The number of esters is 1. The molecule has 0 amide bonds. The molecular formula is C56H105O12P. The lowest BCUT2D eigenvalue weighted by Gasteiger charge is -2.41. The molecule has 6 unspecified atom stereocenters. The average Bonchev–Trinajstić information content (AvgIpc) is 3.34. The molecule has 0 aromatic heterocycles. The minimum absolute atomic E-state index is 0.0791. The standard InChI is InChI=1S/C56H105O12P/c1-3-5-7-9-11-13-15-17-19-21-23-24-25-26-27-29-31-33-35-37-39-41-43-45-50(57)67-49(48-66-69(63,64)68-56-54(61)52(59)51(58)53(60)55(56)62)47-65-46-44-42-40-38-36-34-32-30-28-22-20-18-16-14-12-10-8-6-4-2/h14,16,20-23,49,51-56,58-62H,3-13,15,17-19,24-48H2,1-2H3,(H,63,64)/b16-14-,22-20-,23-21-. The lowest BCUT2D eigenvalue weighted by atomic mass is 9.85. The maximum atomic E-state index is 12.9. The van der Waals surface area contributed by atoms with Crippen LogP contribution in [0.4, 0.5) is 0 Å². The summed E-state index contributed by atoms with van der Waals surface area (Å²) in [6.45, 7) is 4.27. The first kappa shape index (κ1) is 65.6. The first-order valence-corrected chi connectivity index (χ1v) is 29.8. The number of phosphoric ester groups is 1. The highest BCUT2D eigenvalue weighted by Crippen LogP contribution is 2.47. The second-order valence-electron chi connectivity index (χ2n) is 19.8. The van der Waals surface area contributed by atoms with Gasteiger partial charge in [0.1, 0.15) is 42.7 Å². The minimum atomic E-state index is -5.03. The van der Waals surface area contributed by atoms with Crippen molar-refractivity contribution in [1.82, 2.24) is 0 Å². The maximum Gasteiger partial charge on any atom is 0.472 e. The summed E-state index contributed by atoms with van der Waals surface area (Å²) in [5.74, 6) is -0.477. The summed E-state index contributed by atoms with van der Waals surface area (Å²) in [4.78, 5) is 23.3. The number of phosphoric acid groups is 1. The van der Waals surface area contributed by atoms with Gasteiger partial charge in [-0.05, 0) is 70.6 Å². The van der Waals surface area contributed by atoms with E-state index < -0.39 is 63.1 Å². The Kier molecular flexibility index (Phi) is 44.1. The zero-order chi connectivity index (χ0) is 50.5. The van der Waals surface area contributed by atoms with Gasteiger partial charge in [-0.15, -0.1) is 0 Å². The summed E-state index contributed by atoms with van der Waals surface area (Å²) in [5, 5.41) is 50.4. The van der Waals surface area contributed by atoms with Gasteiger partial charge in [-0.3, -0.25) is 13.8 Å². The van der Waals surface area contributed by atoms with E-state index in [1.54, 1.807) is 0 Å². The molecule has 6 N–H and O–H groups in total. The third kappa shape index (κ3) is 37.9. The van der Waals surface area contributed by atoms with E-state index in [0.29, 0.717) is 13.0 Å². The first-order valence-electron chi connectivity index (χ1n) is 28.3. The van der Waals surface area contributed by atoms with Crippen LogP contribution in [0.2, 0.25) is 0 Å². The Balaban J connectivity index is 2.29. The Morgan fingerprint density at radius 1 is 0.464 bits per heavy atom. The molecule has 406 valence electrons.